The Balaban J connectivity index is 2.02. The smallest absolute Gasteiger partial charge is 0.0712 e. The van der Waals surface area contributed by atoms with Gasteiger partial charge in [0.15, 0.2) is 0 Å². The van der Waals surface area contributed by atoms with Gasteiger partial charge in [-0.25, -0.2) is 0 Å². The van der Waals surface area contributed by atoms with Crippen molar-refractivity contribution in [1.29, 1.82) is 0 Å². The Labute approximate surface area is 117 Å². The maximum Gasteiger partial charge on any atom is 0.0712 e. The summed E-state index contributed by atoms with van der Waals surface area (Å²) in [4.78, 5) is 2.45. The number of aliphatic hydroxyl groups is 1. The molecule has 19 heavy (non-hydrogen) atoms. The van der Waals surface area contributed by atoms with E-state index in [-0.39, 0.29) is 0 Å². The lowest BCUT2D eigenvalue weighted by molar-refractivity contribution is -0.0271. The molecule has 2 nitrogen and oxygen atoms in total. The Morgan fingerprint density at radius 3 is 2.11 bits per heavy atom. The van der Waals surface area contributed by atoms with Gasteiger partial charge in [0.1, 0.15) is 0 Å². The van der Waals surface area contributed by atoms with E-state index in [1.54, 1.807) is 0 Å². The lowest BCUT2D eigenvalue weighted by atomic mass is 9.84. The summed E-state index contributed by atoms with van der Waals surface area (Å²) in [5.74, 6) is 0. The third kappa shape index (κ3) is 3.80. The topological polar surface area (TPSA) is 23.5 Å². The Hall–Kier alpha value is -0.860. The molecule has 0 atom stereocenters. The van der Waals surface area contributed by atoms with Crippen LogP contribution in [0.3, 0.4) is 0 Å². The largest absolute Gasteiger partial charge is 0.389 e. The van der Waals surface area contributed by atoms with E-state index in [2.05, 4.69) is 50.8 Å². The first kappa shape index (κ1) is 14.5. The van der Waals surface area contributed by atoms with Gasteiger partial charge in [0.25, 0.3) is 0 Å². The Morgan fingerprint density at radius 1 is 1.11 bits per heavy atom. The second kappa shape index (κ2) is 5.64. The van der Waals surface area contributed by atoms with E-state index < -0.39 is 5.60 Å². The standard InChI is InChI=1S/C17H27NO/c1-13(2)18-7-5-17(19,6-8-18)12-16-10-14(3)9-15(4)11-16/h9-11,13,19H,5-8,12H2,1-4H3. The van der Waals surface area contributed by atoms with Crippen molar-refractivity contribution in [3.05, 3.63) is 34.9 Å². The summed E-state index contributed by atoms with van der Waals surface area (Å²) in [5.41, 5.74) is 3.35. The molecule has 0 spiro atoms. The van der Waals surface area contributed by atoms with Crippen LogP contribution in [-0.2, 0) is 6.42 Å². The summed E-state index contributed by atoms with van der Waals surface area (Å²) in [6.45, 7) is 10.7. The monoisotopic (exact) mass is 261 g/mol. The molecule has 0 aromatic heterocycles. The molecular weight excluding hydrogens is 234 g/mol. The quantitative estimate of drug-likeness (QED) is 0.904. The molecule has 2 rings (SSSR count). The molecule has 106 valence electrons. The first-order valence-corrected chi connectivity index (χ1v) is 7.42. The van der Waals surface area contributed by atoms with Crippen LogP contribution in [0, 0.1) is 13.8 Å². The maximum atomic E-state index is 10.8. The van der Waals surface area contributed by atoms with Crippen LogP contribution in [0.4, 0.5) is 0 Å². The van der Waals surface area contributed by atoms with Crippen LogP contribution in [0.2, 0.25) is 0 Å². The summed E-state index contributed by atoms with van der Waals surface area (Å²) >= 11 is 0. The number of nitrogens with zero attached hydrogens (tertiary/aromatic N) is 1. The van der Waals surface area contributed by atoms with Crippen LogP contribution in [0.5, 0.6) is 0 Å². The van der Waals surface area contributed by atoms with Gasteiger partial charge in [0.2, 0.25) is 0 Å². The van der Waals surface area contributed by atoms with Gasteiger partial charge in [-0.3, -0.25) is 0 Å². The van der Waals surface area contributed by atoms with E-state index in [1.807, 2.05) is 0 Å². The van der Waals surface area contributed by atoms with E-state index in [9.17, 15) is 5.11 Å². The van der Waals surface area contributed by atoms with Gasteiger partial charge >= 0.3 is 0 Å². The van der Waals surface area contributed by atoms with Crippen molar-refractivity contribution in [2.45, 2.75) is 58.6 Å². The fraction of sp³-hybridized carbons (Fsp3) is 0.647. The lowest BCUT2D eigenvalue weighted by Crippen LogP contribution is -2.47. The number of aryl methyl sites for hydroxylation is 2. The second-order valence-electron chi connectivity index (χ2n) is 6.53. The predicted molar refractivity (Wildman–Crippen MR) is 80.5 cm³/mol. The molecule has 0 saturated carbocycles. The molecule has 1 saturated heterocycles. The highest BCUT2D eigenvalue weighted by Gasteiger charge is 2.33. The Morgan fingerprint density at radius 2 is 1.63 bits per heavy atom. The molecule has 0 aliphatic carbocycles. The van der Waals surface area contributed by atoms with Gasteiger partial charge in [-0.15, -0.1) is 0 Å². The molecule has 0 bridgehead atoms. The number of rotatable bonds is 3. The minimum absolute atomic E-state index is 0.508. The zero-order valence-corrected chi connectivity index (χ0v) is 12.7. The summed E-state index contributed by atoms with van der Waals surface area (Å²) in [6, 6.07) is 7.19. The predicted octanol–water partition coefficient (Wildman–Crippen LogP) is 3.08. The van der Waals surface area contributed by atoms with E-state index >= 15 is 0 Å². The fourth-order valence-electron chi connectivity index (χ4n) is 3.18. The Kier molecular flexibility index (Phi) is 4.32. The van der Waals surface area contributed by atoms with Crippen LogP contribution in [0.15, 0.2) is 18.2 Å². The van der Waals surface area contributed by atoms with Crippen LogP contribution in [-0.4, -0.2) is 34.7 Å². The van der Waals surface area contributed by atoms with Crippen molar-refractivity contribution in [3.63, 3.8) is 0 Å². The van der Waals surface area contributed by atoms with Crippen LogP contribution < -0.4 is 0 Å². The van der Waals surface area contributed by atoms with Gasteiger partial charge < -0.3 is 10.0 Å². The third-order valence-electron chi connectivity index (χ3n) is 4.27. The highest BCUT2D eigenvalue weighted by Crippen LogP contribution is 2.27. The fourth-order valence-corrected chi connectivity index (χ4v) is 3.18. The molecule has 0 amide bonds. The van der Waals surface area contributed by atoms with Crippen LogP contribution in [0.25, 0.3) is 0 Å². The molecule has 1 aliphatic rings. The highest BCUT2D eigenvalue weighted by molar-refractivity contribution is 5.29. The molecule has 1 aromatic rings. The number of hydrogen-bond donors (Lipinski definition) is 1. The minimum Gasteiger partial charge on any atom is -0.389 e. The first-order valence-electron chi connectivity index (χ1n) is 7.42. The second-order valence-corrected chi connectivity index (χ2v) is 6.53. The molecule has 1 fully saturated rings. The Bertz CT molecular complexity index is 411. The van der Waals surface area contributed by atoms with Gasteiger partial charge in [0.05, 0.1) is 5.60 Å². The lowest BCUT2D eigenvalue weighted by Gasteiger charge is -2.40. The van der Waals surface area contributed by atoms with E-state index in [0.29, 0.717) is 6.04 Å². The molecule has 1 aromatic carbocycles. The first-order chi connectivity index (χ1) is 8.88. The molecule has 2 heteroatoms. The summed E-state index contributed by atoms with van der Waals surface area (Å²) in [6.07, 6.45) is 2.57. The maximum absolute atomic E-state index is 10.8. The van der Waals surface area contributed by atoms with Crippen molar-refractivity contribution in [2.24, 2.45) is 0 Å². The van der Waals surface area contributed by atoms with Crippen LogP contribution in [0.1, 0.15) is 43.4 Å². The average Bonchev–Trinajstić information content (AvgIpc) is 2.27. The van der Waals surface area contributed by atoms with Gasteiger partial charge in [0, 0.05) is 25.6 Å². The molecule has 0 unspecified atom stereocenters. The van der Waals surface area contributed by atoms with E-state index in [0.717, 1.165) is 32.4 Å². The third-order valence-corrected chi connectivity index (χ3v) is 4.27. The number of benzene rings is 1. The van der Waals surface area contributed by atoms with Crippen LogP contribution >= 0.6 is 0 Å². The number of likely N-dealkylation sites (tertiary alicyclic amines) is 1. The minimum atomic E-state index is -0.508. The van der Waals surface area contributed by atoms with Crippen molar-refractivity contribution < 1.29 is 5.11 Å². The summed E-state index contributed by atoms with van der Waals surface area (Å²) < 4.78 is 0. The van der Waals surface area contributed by atoms with E-state index in [4.69, 9.17) is 0 Å². The zero-order chi connectivity index (χ0) is 14.0. The summed E-state index contributed by atoms with van der Waals surface area (Å²) in [5, 5.41) is 10.8. The highest BCUT2D eigenvalue weighted by atomic mass is 16.3. The molecule has 1 N–H and O–H groups in total. The normalized spacial score (nSPS) is 19.9. The van der Waals surface area contributed by atoms with Crippen molar-refractivity contribution in [2.75, 3.05) is 13.1 Å². The SMILES string of the molecule is Cc1cc(C)cc(CC2(O)CCN(C(C)C)CC2)c1. The number of hydrogen-bond acceptors (Lipinski definition) is 2. The molecular formula is C17H27NO. The van der Waals surface area contributed by atoms with Gasteiger partial charge in [-0.1, -0.05) is 29.3 Å². The molecule has 1 aliphatic heterocycles. The molecule has 0 radical (unpaired) electrons. The van der Waals surface area contributed by atoms with E-state index in [1.165, 1.54) is 16.7 Å². The molecule has 1 heterocycles. The summed E-state index contributed by atoms with van der Waals surface area (Å²) in [7, 11) is 0. The van der Waals surface area contributed by atoms with Crippen molar-refractivity contribution >= 4 is 0 Å². The van der Waals surface area contributed by atoms with Gasteiger partial charge in [-0.05, 0) is 46.1 Å². The average molecular weight is 261 g/mol. The van der Waals surface area contributed by atoms with Crippen molar-refractivity contribution in [1.82, 2.24) is 4.90 Å². The van der Waals surface area contributed by atoms with Gasteiger partial charge in [-0.2, -0.15) is 0 Å². The zero-order valence-electron chi connectivity index (χ0n) is 12.7. The van der Waals surface area contributed by atoms with Crippen molar-refractivity contribution in [3.8, 4) is 0 Å². The number of piperidine rings is 1.